The van der Waals surface area contributed by atoms with Crippen LogP contribution in [0.4, 0.5) is 5.69 Å². The molecule has 2 aromatic carbocycles. The van der Waals surface area contributed by atoms with Gasteiger partial charge in [-0.2, -0.15) is 0 Å². The fraction of sp³-hybridized carbons (Fsp3) is 0.167. The lowest BCUT2D eigenvalue weighted by Gasteiger charge is -2.16. The molecule has 22 heavy (non-hydrogen) atoms. The number of nitrogens with two attached hydrogens (primary N) is 1. The minimum Gasteiger partial charge on any atom is -0.393 e. The molecular weight excluding hydrogens is 274 g/mol. The van der Waals surface area contributed by atoms with E-state index in [0.717, 1.165) is 22.6 Å². The van der Waals surface area contributed by atoms with E-state index in [-0.39, 0.29) is 5.56 Å². The van der Waals surface area contributed by atoms with Gasteiger partial charge < -0.3 is 5.73 Å². The standard InChI is InChI=1S/C18H19N3O/c1-3-15-17(19)18(22)21(16-12-8-7-9-13(16)2)20(15)14-10-5-4-6-11-14/h4-12H,3,19H2,1-2H3. The molecule has 0 radical (unpaired) electrons. The Labute approximate surface area is 129 Å². The van der Waals surface area contributed by atoms with Crippen molar-refractivity contribution >= 4 is 5.69 Å². The van der Waals surface area contributed by atoms with Crippen molar-refractivity contribution < 1.29 is 0 Å². The van der Waals surface area contributed by atoms with Crippen LogP contribution in [0.25, 0.3) is 11.4 Å². The topological polar surface area (TPSA) is 53.0 Å². The van der Waals surface area contributed by atoms with Crippen LogP contribution in [0.15, 0.2) is 59.4 Å². The third-order valence-electron chi connectivity index (χ3n) is 3.87. The van der Waals surface area contributed by atoms with Crippen molar-refractivity contribution in [3.05, 3.63) is 76.2 Å². The number of nitrogens with zero attached hydrogens (tertiary/aromatic N) is 2. The van der Waals surface area contributed by atoms with Gasteiger partial charge in [-0.05, 0) is 37.1 Å². The van der Waals surface area contributed by atoms with Crippen LogP contribution in [-0.2, 0) is 6.42 Å². The number of aromatic nitrogens is 2. The number of nitrogen functional groups attached to an aromatic ring is 1. The minimum atomic E-state index is -0.171. The predicted molar refractivity (Wildman–Crippen MR) is 89.9 cm³/mol. The zero-order valence-corrected chi connectivity index (χ0v) is 12.8. The van der Waals surface area contributed by atoms with Crippen LogP contribution in [0.2, 0.25) is 0 Å². The molecule has 0 aliphatic rings. The number of rotatable bonds is 3. The van der Waals surface area contributed by atoms with Crippen molar-refractivity contribution in [2.75, 3.05) is 5.73 Å². The summed E-state index contributed by atoms with van der Waals surface area (Å²) in [6.45, 7) is 4.00. The monoisotopic (exact) mass is 293 g/mol. The number of hydrogen-bond acceptors (Lipinski definition) is 2. The molecule has 3 aromatic rings. The van der Waals surface area contributed by atoms with Gasteiger partial charge in [0.25, 0.3) is 5.56 Å². The molecule has 0 unspecified atom stereocenters. The molecule has 0 atom stereocenters. The van der Waals surface area contributed by atoms with Gasteiger partial charge in [0.15, 0.2) is 0 Å². The van der Waals surface area contributed by atoms with Gasteiger partial charge in [0.1, 0.15) is 5.69 Å². The molecule has 3 rings (SSSR count). The van der Waals surface area contributed by atoms with E-state index in [1.165, 1.54) is 0 Å². The first kappa shape index (κ1) is 14.2. The second-order valence-corrected chi connectivity index (χ2v) is 5.26. The van der Waals surface area contributed by atoms with Crippen molar-refractivity contribution in [3.8, 4) is 11.4 Å². The van der Waals surface area contributed by atoms with Gasteiger partial charge in [-0.15, -0.1) is 0 Å². The molecule has 1 heterocycles. The Kier molecular flexibility index (Phi) is 3.59. The van der Waals surface area contributed by atoms with Crippen LogP contribution in [0.1, 0.15) is 18.2 Å². The van der Waals surface area contributed by atoms with E-state index in [1.54, 1.807) is 4.68 Å². The maximum absolute atomic E-state index is 12.7. The Hall–Kier alpha value is -2.75. The van der Waals surface area contributed by atoms with Crippen LogP contribution in [-0.4, -0.2) is 9.36 Å². The predicted octanol–water partition coefficient (Wildman–Crippen LogP) is 3.08. The lowest BCUT2D eigenvalue weighted by molar-refractivity contribution is 0.690. The molecule has 112 valence electrons. The van der Waals surface area contributed by atoms with Crippen LogP contribution in [0.3, 0.4) is 0 Å². The fourth-order valence-electron chi connectivity index (χ4n) is 2.76. The second kappa shape index (κ2) is 5.56. The summed E-state index contributed by atoms with van der Waals surface area (Å²) in [4.78, 5) is 12.7. The smallest absolute Gasteiger partial charge is 0.295 e. The summed E-state index contributed by atoms with van der Waals surface area (Å²) in [6.07, 6.45) is 0.689. The Morgan fingerprint density at radius 2 is 1.59 bits per heavy atom. The molecule has 4 nitrogen and oxygen atoms in total. The normalized spacial score (nSPS) is 10.8. The number of benzene rings is 2. The first-order valence-electron chi connectivity index (χ1n) is 7.39. The quantitative estimate of drug-likeness (QED) is 0.807. The Balaban J connectivity index is 2.41. The Morgan fingerprint density at radius 1 is 0.955 bits per heavy atom. The highest BCUT2D eigenvalue weighted by atomic mass is 16.1. The first-order valence-corrected chi connectivity index (χ1v) is 7.39. The lowest BCUT2D eigenvalue weighted by Crippen LogP contribution is -2.22. The maximum Gasteiger partial charge on any atom is 0.295 e. The summed E-state index contributed by atoms with van der Waals surface area (Å²) in [5, 5.41) is 0. The summed E-state index contributed by atoms with van der Waals surface area (Å²) in [7, 11) is 0. The van der Waals surface area contributed by atoms with Crippen LogP contribution >= 0.6 is 0 Å². The molecule has 0 aliphatic carbocycles. The highest BCUT2D eigenvalue weighted by Gasteiger charge is 2.19. The summed E-state index contributed by atoms with van der Waals surface area (Å²) >= 11 is 0. The molecule has 0 saturated carbocycles. The lowest BCUT2D eigenvalue weighted by atomic mass is 10.2. The number of anilines is 1. The average molecular weight is 293 g/mol. The highest BCUT2D eigenvalue weighted by molar-refractivity contribution is 5.51. The van der Waals surface area contributed by atoms with Crippen LogP contribution in [0, 0.1) is 6.92 Å². The zero-order chi connectivity index (χ0) is 15.7. The van der Waals surface area contributed by atoms with Gasteiger partial charge in [0.2, 0.25) is 0 Å². The molecule has 4 heteroatoms. The van der Waals surface area contributed by atoms with Gasteiger partial charge >= 0.3 is 0 Å². The molecule has 0 amide bonds. The fourth-order valence-corrected chi connectivity index (χ4v) is 2.76. The number of para-hydroxylation sites is 2. The number of aryl methyl sites for hydroxylation is 1. The van der Waals surface area contributed by atoms with Gasteiger partial charge in [-0.25, -0.2) is 9.36 Å². The molecule has 0 saturated heterocycles. The Morgan fingerprint density at radius 3 is 2.23 bits per heavy atom. The molecule has 0 bridgehead atoms. The average Bonchev–Trinajstić information content (AvgIpc) is 2.80. The third-order valence-corrected chi connectivity index (χ3v) is 3.87. The first-order chi connectivity index (χ1) is 10.6. The molecule has 0 fully saturated rings. The largest absolute Gasteiger partial charge is 0.393 e. The summed E-state index contributed by atoms with van der Waals surface area (Å²) in [6, 6.07) is 17.6. The third kappa shape index (κ3) is 2.13. The van der Waals surface area contributed by atoms with Crippen molar-refractivity contribution in [1.29, 1.82) is 0 Å². The summed E-state index contributed by atoms with van der Waals surface area (Å²) < 4.78 is 3.58. The summed E-state index contributed by atoms with van der Waals surface area (Å²) in [5.41, 5.74) is 9.87. The maximum atomic E-state index is 12.7. The van der Waals surface area contributed by atoms with E-state index < -0.39 is 0 Å². The van der Waals surface area contributed by atoms with E-state index in [1.807, 2.05) is 73.1 Å². The van der Waals surface area contributed by atoms with E-state index in [9.17, 15) is 4.79 Å². The van der Waals surface area contributed by atoms with Crippen molar-refractivity contribution in [1.82, 2.24) is 9.36 Å². The zero-order valence-electron chi connectivity index (χ0n) is 12.8. The van der Waals surface area contributed by atoms with Crippen LogP contribution < -0.4 is 11.3 Å². The van der Waals surface area contributed by atoms with Gasteiger partial charge in [0.05, 0.1) is 17.1 Å². The van der Waals surface area contributed by atoms with E-state index >= 15 is 0 Å². The van der Waals surface area contributed by atoms with Gasteiger partial charge in [0, 0.05) is 0 Å². The van der Waals surface area contributed by atoms with E-state index in [4.69, 9.17) is 5.73 Å². The van der Waals surface area contributed by atoms with Crippen molar-refractivity contribution in [3.63, 3.8) is 0 Å². The van der Waals surface area contributed by atoms with Crippen molar-refractivity contribution in [2.24, 2.45) is 0 Å². The molecular formula is C18H19N3O. The van der Waals surface area contributed by atoms with E-state index in [0.29, 0.717) is 12.1 Å². The van der Waals surface area contributed by atoms with Gasteiger partial charge in [-0.3, -0.25) is 4.79 Å². The molecule has 2 N–H and O–H groups in total. The van der Waals surface area contributed by atoms with Crippen molar-refractivity contribution in [2.45, 2.75) is 20.3 Å². The van der Waals surface area contributed by atoms with E-state index in [2.05, 4.69) is 0 Å². The minimum absolute atomic E-state index is 0.171. The van der Waals surface area contributed by atoms with Gasteiger partial charge in [-0.1, -0.05) is 43.3 Å². The number of hydrogen-bond donors (Lipinski definition) is 1. The molecule has 0 aliphatic heterocycles. The molecule has 0 spiro atoms. The second-order valence-electron chi connectivity index (χ2n) is 5.26. The molecule has 1 aromatic heterocycles. The highest BCUT2D eigenvalue weighted by Crippen LogP contribution is 2.21. The summed E-state index contributed by atoms with van der Waals surface area (Å²) in [5.74, 6) is 0. The SMILES string of the molecule is CCc1c(N)c(=O)n(-c2ccccc2C)n1-c1ccccc1. The van der Waals surface area contributed by atoms with Crippen LogP contribution in [0.5, 0.6) is 0 Å². The Bertz CT molecular complexity index is 860.